The maximum absolute atomic E-state index is 12.5. The van der Waals surface area contributed by atoms with Crippen LogP contribution in [0.15, 0.2) is 28.9 Å². The van der Waals surface area contributed by atoms with Gasteiger partial charge in [-0.15, -0.1) is 11.8 Å². The molecular formula is C17H21NO4S. The van der Waals surface area contributed by atoms with E-state index in [0.717, 1.165) is 5.70 Å². The van der Waals surface area contributed by atoms with E-state index in [-0.39, 0.29) is 17.1 Å². The van der Waals surface area contributed by atoms with Gasteiger partial charge in [0.1, 0.15) is 10.9 Å². The van der Waals surface area contributed by atoms with E-state index in [0.29, 0.717) is 12.8 Å². The van der Waals surface area contributed by atoms with Gasteiger partial charge in [-0.3, -0.25) is 14.6 Å². The van der Waals surface area contributed by atoms with Crippen LogP contribution >= 0.6 is 11.8 Å². The van der Waals surface area contributed by atoms with E-state index in [4.69, 9.17) is 4.74 Å². The number of carboxylic acids is 1. The van der Waals surface area contributed by atoms with Crippen molar-refractivity contribution in [2.45, 2.75) is 49.2 Å². The second kappa shape index (κ2) is 5.51. The average molecular weight is 335 g/mol. The van der Waals surface area contributed by atoms with Crippen LogP contribution in [0.2, 0.25) is 0 Å². The van der Waals surface area contributed by atoms with Crippen molar-refractivity contribution in [3.8, 4) is 0 Å². The molecule has 1 spiro atoms. The standard InChI is InChI=1S/C17H21NO4S/c1-16(2,3)22-15(21)12-8-11-10(14(19)20)9-18-13-6-4-5-7-17(11,13)23-12/h4-6,9-12H,7-8H2,1-3H3,(H,19,20). The molecular weight excluding hydrogens is 314 g/mol. The van der Waals surface area contributed by atoms with Crippen molar-refractivity contribution in [1.82, 2.24) is 0 Å². The number of carboxylic acid groups (broad SMARTS) is 1. The first-order valence-corrected chi connectivity index (χ1v) is 8.66. The molecule has 5 nitrogen and oxygen atoms in total. The summed E-state index contributed by atoms with van der Waals surface area (Å²) in [5.41, 5.74) is 0.329. The second-order valence-electron chi connectivity index (χ2n) is 7.20. The fourth-order valence-corrected chi connectivity index (χ4v) is 5.32. The van der Waals surface area contributed by atoms with E-state index in [1.807, 2.05) is 39.0 Å². The molecule has 23 heavy (non-hydrogen) atoms. The van der Waals surface area contributed by atoms with Crippen LogP contribution in [-0.2, 0) is 14.3 Å². The molecule has 0 amide bonds. The molecule has 4 atom stereocenters. The van der Waals surface area contributed by atoms with Crippen LogP contribution < -0.4 is 0 Å². The fourth-order valence-electron chi connectivity index (χ4n) is 3.51. The molecule has 0 radical (unpaired) electrons. The molecule has 4 unspecified atom stereocenters. The quantitative estimate of drug-likeness (QED) is 0.785. The lowest BCUT2D eigenvalue weighted by Gasteiger charge is -2.40. The highest BCUT2D eigenvalue weighted by molar-refractivity contribution is 8.02. The van der Waals surface area contributed by atoms with Gasteiger partial charge < -0.3 is 9.84 Å². The van der Waals surface area contributed by atoms with Crippen LogP contribution in [-0.4, -0.2) is 38.9 Å². The molecule has 2 aliphatic heterocycles. The Morgan fingerprint density at radius 1 is 1.43 bits per heavy atom. The van der Waals surface area contributed by atoms with Crippen molar-refractivity contribution >= 4 is 29.9 Å². The van der Waals surface area contributed by atoms with Gasteiger partial charge in [-0.05, 0) is 45.6 Å². The minimum absolute atomic E-state index is 0.142. The number of nitrogens with zero attached hydrogens (tertiary/aromatic N) is 1. The molecule has 1 N–H and O–H groups in total. The number of aliphatic carboxylic acids is 1. The summed E-state index contributed by atoms with van der Waals surface area (Å²) in [6.45, 7) is 5.52. The van der Waals surface area contributed by atoms with E-state index in [9.17, 15) is 14.7 Å². The lowest BCUT2D eigenvalue weighted by molar-refractivity contribution is -0.154. The van der Waals surface area contributed by atoms with E-state index in [1.54, 1.807) is 0 Å². The molecule has 124 valence electrons. The van der Waals surface area contributed by atoms with Crippen molar-refractivity contribution in [3.05, 3.63) is 23.9 Å². The molecule has 2 heterocycles. The number of rotatable bonds is 2. The number of esters is 1. The van der Waals surface area contributed by atoms with Gasteiger partial charge in [0.25, 0.3) is 0 Å². The summed E-state index contributed by atoms with van der Waals surface area (Å²) in [4.78, 5) is 28.5. The molecule has 0 bridgehead atoms. The molecule has 1 fully saturated rings. The molecule has 0 aromatic rings. The van der Waals surface area contributed by atoms with E-state index in [2.05, 4.69) is 4.99 Å². The highest BCUT2D eigenvalue weighted by atomic mass is 32.2. The number of ether oxygens (including phenoxy) is 1. The number of allylic oxidation sites excluding steroid dienone is 3. The lowest BCUT2D eigenvalue weighted by atomic mass is 9.72. The predicted molar refractivity (Wildman–Crippen MR) is 89.5 cm³/mol. The zero-order chi connectivity index (χ0) is 16.8. The van der Waals surface area contributed by atoms with E-state index < -0.39 is 22.2 Å². The van der Waals surface area contributed by atoms with Crippen LogP contribution in [0.5, 0.6) is 0 Å². The third kappa shape index (κ3) is 2.84. The highest BCUT2D eigenvalue weighted by Crippen LogP contribution is 2.59. The zero-order valence-electron chi connectivity index (χ0n) is 13.5. The number of thioether (sulfide) groups is 1. The summed E-state index contributed by atoms with van der Waals surface area (Å²) in [6, 6.07) is 0. The van der Waals surface area contributed by atoms with Gasteiger partial charge in [-0.1, -0.05) is 12.2 Å². The average Bonchev–Trinajstić information content (AvgIpc) is 2.82. The summed E-state index contributed by atoms with van der Waals surface area (Å²) >= 11 is 1.52. The zero-order valence-corrected chi connectivity index (χ0v) is 14.3. The van der Waals surface area contributed by atoms with Crippen molar-refractivity contribution < 1.29 is 19.4 Å². The number of carbonyl (C=O) groups is 2. The highest BCUT2D eigenvalue weighted by Gasteiger charge is 2.58. The fraction of sp³-hybridized carbons (Fsp3) is 0.588. The van der Waals surface area contributed by atoms with Crippen molar-refractivity contribution in [2.75, 3.05) is 0 Å². The topological polar surface area (TPSA) is 76.0 Å². The first-order chi connectivity index (χ1) is 10.7. The smallest absolute Gasteiger partial charge is 0.319 e. The molecule has 1 saturated heterocycles. The van der Waals surface area contributed by atoms with Crippen LogP contribution in [0.4, 0.5) is 0 Å². The van der Waals surface area contributed by atoms with Gasteiger partial charge in [0.15, 0.2) is 0 Å². The Balaban J connectivity index is 1.91. The van der Waals surface area contributed by atoms with Crippen LogP contribution in [0.25, 0.3) is 0 Å². The minimum atomic E-state index is -0.878. The lowest BCUT2D eigenvalue weighted by Crippen LogP contribution is -2.43. The largest absolute Gasteiger partial charge is 0.481 e. The van der Waals surface area contributed by atoms with E-state index >= 15 is 0 Å². The Kier molecular flexibility index (Phi) is 3.91. The van der Waals surface area contributed by atoms with Crippen molar-refractivity contribution in [3.63, 3.8) is 0 Å². The minimum Gasteiger partial charge on any atom is -0.481 e. The Morgan fingerprint density at radius 3 is 2.83 bits per heavy atom. The van der Waals surface area contributed by atoms with Crippen LogP contribution in [0.3, 0.4) is 0 Å². The summed E-state index contributed by atoms with van der Waals surface area (Å²) in [6.07, 6.45) is 8.63. The van der Waals surface area contributed by atoms with Gasteiger partial charge in [0, 0.05) is 6.21 Å². The Labute approximate surface area is 139 Å². The number of hydrogen-bond acceptors (Lipinski definition) is 5. The molecule has 3 aliphatic rings. The van der Waals surface area contributed by atoms with E-state index in [1.165, 1.54) is 18.0 Å². The number of aliphatic imine (C=N–C) groups is 1. The predicted octanol–water partition coefficient (Wildman–Crippen LogP) is 2.82. The maximum atomic E-state index is 12.5. The first kappa shape index (κ1) is 16.3. The van der Waals surface area contributed by atoms with Gasteiger partial charge in [-0.2, -0.15) is 0 Å². The third-order valence-electron chi connectivity index (χ3n) is 4.43. The number of carbonyl (C=O) groups excluding carboxylic acids is 1. The Morgan fingerprint density at radius 2 is 2.17 bits per heavy atom. The Bertz CT molecular complexity index is 631. The molecule has 0 aromatic carbocycles. The normalized spacial score (nSPS) is 35.3. The summed E-state index contributed by atoms with van der Waals surface area (Å²) < 4.78 is 5.09. The van der Waals surface area contributed by atoms with Crippen molar-refractivity contribution in [2.24, 2.45) is 16.8 Å². The van der Waals surface area contributed by atoms with Gasteiger partial charge >= 0.3 is 11.9 Å². The van der Waals surface area contributed by atoms with Crippen LogP contribution in [0.1, 0.15) is 33.6 Å². The molecule has 0 saturated carbocycles. The van der Waals surface area contributed by atoms with Gasteiger partial charge in [0.05, 0.1) is 16.4 Å². The molecule has 6 heteroatoms. The monoisotopic (exact) mass is 335 g/mol. The molecule has 0 aromatic heterocycles. The van der Waals surface area contributed by atoms with Crippen molar-refractivity contribution in [1.29, 1.82) is 0 Å². The van der Waals surface area contributed by atoms with Crippen LogP contribution in [0, 0.1) is 11.8 Å². The maximum Gasteiger partial charge on any atom is 0.319 e. The second-order valence-corrected chi connectivity index (χ2v) is 8.73. The van der Waals surface area contributed by atoms with Gasteiger partial charge in [0.2, 0.25) is 0 Å². The molecule has 3 rings (SSSR count). The summed E-state index contributed by atoms with van der Waals surface area (Å²) in [7, 11) is 0. The van der Waals surface area contributed by atoms with Gasteiger partial charge in [-0.25, -0.2) is 0 Å². The first-order valence-electron chi connectivity index (χ1n) is 7.78. The summed E-state index contributed by atoms with van der Waals surface area (Å²) in [5.74, 6) is -1.93. The Hall–Kier alpha value is -1.56. The SMILES string of the molecule is CC(C)(C)OC(=O)C1CC2C(C(=O)O)C=NC3=CC=CCC32S1. The number of hydrogen-bond donors (Lipinski definition) is 1. The molecule has 1 aliphatic carbocycles. The third-order valence-corrected chi connectivity index (χ3v) is 6.20. The summed E-state index contributed by atoms with van der Waals surface area (Å²) in [5, 5.41) is 9.18.